The summed E-state index contributed by atoms with van der Waals surface area (Å²) < 4.78 is 0. The van der Waals surface area contributed by atoms with Gasteiger partial charge >= 0.3 is 0 Å². The normalized spacial score (nSPS) is 20.8. The molecule has 2 heteroatoms. The van der Waals surface area contributed by atoms with Crippen molar-refractivity contribution >= 4 is 0 Å². The van der Waals surface area contributed by atoms with Crippen molar-refractivity contribution in [1.29, 1.82) is 0 Å². The van der Waals surface area contributed by atoms with Crippen LogP contribution in [-0.4, -0.2) is 36.2 Å². The molecule has 2 nitrogen and oxygen atoms in total. The Hall–Kier alpha value is -0.0800. The molecule has 0 amide bonds. The fraction of sp³-hybridized carbons (Fsp3) is 1.00. The van der Waals surface area contributed by atoms with Crippen LogP contribution < -0.4 is 0 Å². The van der Waals surface area contributed by atoms with Gasteiger partial charge in [-0.25, -0.2) is 0 Å². The van der Waals surface area contributed by atoms with Crippen LogP contribution in [0.4, 0.5) is 0 Å². The summed E-state index contributed by atoms with van der Waals surface area (Å²) in [5.74, 6) is 0.896. The first-order valence-corrected chi connectivity index (χ1v) is 6.49. The first-order valence-electron chi connectivity index (χ1n) is 6.49. The molecule has 1 aliphatic rings. The highest BCUT2D eigenvalue weighted by molar-refractivity contribution is 4.82. The Morgan fingerprint density at radius 1 is 1.20 bits per heavy atom. The number of hydrogen-bond acceptors (Lipinski definition) is 2. The van der Waals surface area contributed by atoms with E-state index in [-0.39, 0.29) is 5.41 Å². The minimum absolute atomic E-state index is 0.153. The van der Waals surface area contributed by atoms with Crippen molar-refractivity contribution < 1.29 is 5.11 Å². The molecule has 0 aromatic carbocycles. The average molecular weight is 213 g/mol. The molecule has 1 aliphatic heterocycles. The van der Waals surface area contributed by atoms with Crippen LogP contribution in [0.15, 0.2) is 0 Å². The molecule has 0 atom stereocenters. The van der Waals surface area contributed by atoms with Gasteiger partial charge in [-0.05, 0) is 44.7 Å². The van der Waals surface area contributed by atoms with Crippen LogP contribution in [0.5, 0.6) is 0 Å². The Kier molecular flexibility index (Phi) is 5.07. The van der Waals surface area contributed by atoms with E-state index >= 15 is 0 Å². The molecule has 0 saturated carbocycles. The fourth-order valence-electron chi connectivity index (χ4n) is 2.44. The van der Waals surface area contributed by atoms with E-state index in [4.69, 9.17) is 0 Å². The van der Waals surface area contributed by atoms with Crippen molar-refractivity contribution in [2.24, 2.45) is 11.3 Å². The highest BCUT2D eigenvalue weighted by atomic mass is 16.3. The maximum Gasteiger partial charge on any atom is 0.0499 e. The first kappa shape index (κ1) is 13.0. The Labute approximate surface area is 94.7 Å². The molecule has 0 aromatic rings. The van der Waals surface area contributed by atoms with Crippen LogP contribution in [-0.2, 0) is 0 Å². The van der Waals surface area contributed by atoms with Gasteiger partial charge in [0.1, 0.15) is 0 Å². The number of rotatable bonds is 5. The lowest BCUT2D eigenvalue weighted by Crippen LogP contribution is -2.43. The monoisotopic (exact) mass is 213 g/mol. The van der Waals surface area contributed by atoms with E-state index in [2.05, 4.69) is 25.7 Å². The van der Waals surface area contributed by atoms with Gasteiger partial charge in [-0.15, -0.1) is 0 Å². The van der Waals surface area contributed by atoms with E-state index in [1.54, 1.807) is 0 Å². The molecule has 1 rings (SSSR count). The number of hydrogen-bond donors (Lipinski definition) is 1. The smallest absolute Gasteiger partial charge is 0.0499 e. The quantitative estimate of drug-likeness (QED) is 0.758. The zero-order valence-electron chi connectivity index (χ0n) is 10.6. The molecule has 15 heavy (non-hydrogen) atoms. The standard InChI is InChI=1S/C13H27NO/c1-4-13(5-2,11-15)10-14-8-6-12(3)7-9-14/h12,15H,4-11H2,1-3H3. The molecule has 90 valence electrons. The predicted molar refractivity (Wildman–Crippen MR) is 64.9 cm³/mol. The molecule has 1 N–H and O–H groups in total. The number of nitrogens with zero attached hydrogens (tertiary/aromatic N) is 1. The second kappa shape index (κ2) is 5.86. The summed E-state index contributed by atoms with van der Waals surface area (Å²) in [4.78, 5) is 2.54. The van der Waals surface area contributed by atoms with Gasteiger partial charge < -0.3 is 10.0 Å². The topological polar surface area (TPSA) is 23.5 Å². The largest absolute Gasteiger partial charge is 0.396 e. The molecule has 0 unspecified atom stereocenters. The van der Waals surface area contributed by atoms with Gasteiger partial charge in [0, 0.05) is 18.6 Å². The molecule has 1 saturated heterocycles. The first-order chi connectivity index (χ1) is 7.15. The Bertz CT molecular complexity index is 161. The van der Waals surface area contributed by atoms with E-state index in [0.717, 1.165) is 25.3 Å². The Balaban J connectivity index is 2.44. The van der Waals surface area contributed by atoms with E-state index in [0.29, 0.717) is 6.61 Å². The van der Waals surface area contributed by atoms with Gasteiger partial charge in [-0.3, -0.25) is 0 Å². The van der Waals surface area contributed by atoms with E-state index in [1.807, 2.05) is 0 Å². The van der Waals surface area contributed by atoms with Crippen LogP contribution in [0.1, 0.15) is 46.5 Å². The predicted octanol–water partition coefficient (Wildman–Crippen LogP) is 2.52. The van der Waals surface area contributed by atoms with Crippen molar-refractivity contribution in [3.8, 4) is 0 Å². The van der Waals surface area contributed by atoms with Crippen molar-refractivity contribution in [2.45, 2.75) is 46.5 Å². The third-order valence-corrected chi connectivity index (χ3v) is 4.27. The zero-order chi connectivity index (χ0) is 11.3. The van der Waals surface area contributed by atoms with Gasteiger partial charge in [0.25, 0.3) is 0 Å². The summed E-state index contributed by atoms with van der Waals surface area (Å²) in [7, 11) is 0. The van der Waals surface area contributed by atoms with Crippen molar-refractivity contribution in [3.63, 3.8) is 0 Å². The van der Waals surface area contributed by atoms with Crippen LogP contribution in [0.2, 0.25) is 0 Å². The third-order valence-electron chi connectivity index (χ3n) is 4.27. The molecule has 0 spiro atoms. The van der Waals surface area contributed by atoms with Crippen LogP contribution in [0.25, 0.3) is 0 Å². The van der Waals surface area contributed by atoms with Gasteiger partial charge in [0.15, 0.2) is 0 Å². The second-order valence-corrected chi connectivity index (χ2v) is 5.32. The summed E-state index contributed by atoms with van der Waals surface area (Å²) >= 11 is 0. The molecular weight excluding hydrogens is 186 g/mol. The molecule has 0 radical (unpaired) electrons. The Morgan fingerprint density at radius 2 is 1.73 bits per heavy atom. The summed E-state index contributed by atoms with van der Waals surface area (Å²) in [6.45, 7) is 10.6. The van der Waals surface area contributed by atoms with Crippen LogP contribution in [0.3, 0.4) is 0 Å². The van der Waals surface area contributed by atoms with E-state index in [1.165, 1.54) is 25.9 Å². The molecule has 0 aromatic heterocycles. The van der Waals surface area contributed by atoms with E-state index < -0.39 is 0 Å². The molecule has 0 bridgehead atoms. The lowest BCUT2D eigenvalue weighted by atomic mass is 9.82. The molecular formula is C13H27NO. The number of aliphatic hydroxyl groups excluding tert-OH is 1. The highest BCUT2D eigenvalue weighted by Crippen LogP contribution is 2.28. The van der Waals surface area contributed by atoms with Crippen LogP contribution in [0, 0.1) is 11.3 Å². The molecule has 1 fully saturated rings. The van der Waals surface area contributed by atoms with Crippen molar-refractivity contribution in [1.82, 2.24) is 4.90 Å². The number of piperidine rings is 1. The second-order valence-electron chi connectivity index (χ2n) is 5.32. The molecule has 1 heterocycles. The third kappa shape index (κ3) is 3.46. The summed E-state index contributed by atoms with van der Waals surface area (Å²) in [6.07, 6.45) is 4.84. The van der Waals surface area contributed by atoms with Crippen molar-refractivity contribution in [3.05, 3.63) is 0 Å². The maximum absolute atomic E-state index is 9.53. The minimum atomic E-state index is 0.153. The average Bonchev–Trinajstić information content (AvgIpc) is 2.29. The maximum atomic E-state index is 9.53. The SMILES string of the molecule is CCC(CC)(CO)CN1CCC(C)CC1. The summed E-state index contributed by atoms with van der Waals surface area (Å²) in [6, 6.07) is 0. The number of aliphatic hydroxyl groups is 1. The fourth-order valence-corrected chi connectivity index (χ4v) is 2.44. The zero-order valence-corrected chi connectivity index (χ0v) is 10.6. The highest BCUT2D eigenvalue weighted by Gasteiger charge is 2.29. The van der Waals surface area contributed by atoms with E-state index in [9.17, 15) is 5.11 Å². The Morgan fingerprint density at radius 3 is 2.13 bits per heavy atom. The van der Waals surface area contributed by atoms with Gasteiger partial charge in [0.2, 0.25) is 0 Å². The number of likely N-dealkylation sites (tertiary alicyclic amines) is 1. The summed E-state index contributed by atoms with van der Waals surface area (Å²) in [5, 5.41) is 9.53. The minimum Gasteiger partial charge on any atom is -0.396 e. The molecule has 0 aliphatic carbocycles. The lowest BCUT2D eigenvalue weighted by Gasteiger charge is -2.38. The lowest BCUT2D eigenvalue weighted by molar-refractivity contribution is 0.0518. The van der Waals surface area contributed by atoms with Gasteiger partial charge in [-0.1, -0.05) is 20.8 Å². The van der Waals surface area contributed by atoms with Gasteiger partial charge in [-0.2, -0.15) is 0 Å². The summed E-state index contributed by atoms with van der Waals surface area (Å²) in [5.41, 5.74) is 0.153. The van der Waals surface area contributed by atoms with Crippen molar-refractivity contribution in [2.75, 3.05) is 26.2 Å². The van der Waals surface area contributed by atoms with Crippen LogP contribution >= 0.6 is 0 Å². The van der Waals surface area contributed by atoms with Gasteiger partial charge in [0.05, 0.1) is 0 Å².